The number of aliphatic carboxylic acids is 2. The third kappa shape index (κ3) is 10.2. The summed E-state index contributed by atoms with van der Waals surface area (Å²) in [6.07, 6.45) is -0.795. The zero-order valence-electron chi connectivity index (χ0n) is 28.9. The van der Waals surface area contributed by atoms with Crippen molar-refractivity contribution in [1.29, 1.82) is 5.26 Å². The van der Waals surface area contributed by atoms with Gasteiger partial charge in [-0.2, -0.15) is 5.26 Å². The zero-order chi connectivity index (χ0) is 36.0. The molecule has 0 aliphatic heterocycles. The van der Waals surface area contributed by atoms with Crippen molar-refractivity contribution in [3.63, 3.8) is 0 Å². The lowest BCUT2D eigenvalue weighted by atomic mass is 9.79. The van der Waals surface area contributed by atoms with Gasteiger partial charge in [-0.05, 0) is 81.5 Å². The van der Waals surface area contributed by atoms with Crippen molar-refractivity contribution in [2.75, 3.05) is 27.4 Å². The molecule has 264 valence electrons. The molecule has 0 aliphatic carbocycles. The monoisotopic (exact) mass is 694 g/mol. The number of carboxylic acids is 2. The second-order valence-electron chi connectivity index (χ2n) is 11.8. The molecule has 11 nitrogen and oxygen atoms in total. The number of nitriles is 1. The van der Waals surface area contributed by atoms with Gasteiger partial charge in [0, 0.05) is 12.1 Å². The highest BCUT2D eigenvalue weighted by Gasteiger charge is 2.45. The Morgan fingerprint density at radius 3 is 1.67 bits per heavy atom. The molecular weight excluding hydrogens is 647 g/mol. The maximum atomic E-state index is 12.6. The van der Waals surface area contributed by atoms with Crippen LogP contribution >= 0.6 is 8.53 Å². The van der Waals surface area contributed by atoms with Gasteiger partial charge in [-0.1, -0.05) is 54.6 Å². The minimum Gasteiger partial charge on any atom is -0.497 e. The molecule has 0 spiro atoms. The van der Waals surface area contributed by atoms with Gasteiger partial charge in [0.25, 0.3) is 8.53 Å². The van der Waals surface area contributed by atoms with Crippen LogP contribution in [0.1, 0.15) is 63.6 Å². The second-order valence-corrected chi connectivity index (χ2v) is 13.3. The zero-order valence-corrected chi connectivity index (χ0v) is 29.8. The van der Waals surface area contributed by atoms with Gasteiger partial charge < -0.3 is 33.5 Å². The van der Waals surface area contributed by atoms with Crippen molar-refractivity contribution in [1.82, 2.24) is 4.67 Å². The predicted molar refractivity (Wildman–Crippen MR) is 186 cm³/mol. The molecule has 0 bridgehead atoms. The third-order valence-electron chi connectivity index (χ3n) is 7.90. The van der Waals surface area contributed by atoms with Crippen LogP contribution in [0.4, 0.5) is 0 Å². The van der Waals surface area contributed by atoms with Crippen molar-refractivity contribution < 1.29 is 43.1 Å². The summed E-state index contributed by atoms with van der Waals surface area (Å²) in [6, 6.07) is 25.9. The van der Waals surface area contributed by atoms with E-state index in [-0.39, 0.29) is 44.6 Å². The van der Waals surface area contributed by atoms with Crippen LogP contribution in [0.2, 0.25) is 0 Å². The molecular formula is C37H47N2O9P. The summed E-state index contributed by atoms with van der Waals surface area (Å²) >= 11 is 0. The Morgan fingerprint density at radius 2 is 1.24 bits per heavy atom. The summed E-state index contributed by atoms with van der Waals surface area (Å²) in [4.78, 5) is 25.2. The molecule has 2 unspecified atom stereocenters. The van der Waals surface area contributed by atoms with Gasteiger partial charge in [0.05, 0.1) is 46.0 Å². The molecule has 0 amide bonds. The lowest BCUT2D eigenvalue weighted by Crippen LogP contribution is -2.44. The van der Waals surface area contributed by atoms with E-state index in [0.29, 0.717) is 28.2 Å². The standard InChI is InChI=1S/C37H47N2O9P/c1-26(2)39(27(3)4)49(47-25-11-23-38)46-24-10-14-33(34(35(40)41)36(42)43)48-37(28-12-8-7-9-13-28,29-15-19-31(44-5)20-16-29)30-17-21-32(45-6)22-18-30/h7-9,12-13,15-22,26-27,33-34H,10-11,14,24-25H2,1-6H3,(H,40,41)(H,42,43). The molecule has 0 heterocycles. The van der Waals surface area contributed by atoms with Crippen LogP contribution in [-0.2, 0) is 29.0 Å². The van der Waals surface area contributed by atoms with E-state index < -0.39 is 38.1 Å². The minimum atomic E-state index is -1.89. The molecule has 3 aromatic carbocycles. The molecule has 0 aromatic heterocycles. The smallest absolute Gasteiger partial charge is 0.320 e. The molecule has 3 rings (SSSR count). The third-order valence-corrected chi connectivity index (χ3v) is 10.0. The van der Waals surface area contributed by atoms with Crippen molar-refractivity contribution in [2.45, 2.75) is 70.7 Å². The Bertz CT molecular complexity index is 1430. The molecule has 0 saturated heterocycles. The Labute approximate surface area is 290 Å². The van der Waals surface area contributed by atoms with E-state index in [4.69, 9.17) is 28.5 Å². The van der Waals surface area contributed by atoms with Crippen molar-refractivity contribution >= 4 is 20.5 Å². The summed E-state index contributed by atoms with van der Waals surface area (Å²) in [5, 5.41) is 29.5. The normalized spacial score (nSPS) is 13.0. The highest BCUT2D eigenvalue weighted by molar-refractivity contribution is 7.44. The average molecular weight is 695 g/mol. The molecule has 0 radical (unpaired) electrons. The molecule has 2 N–H and O–H groups in total. The Kier molecular flexibility index (Phi) is 15.5. The minimum absolute atomic E-state index is 0.0366. The van der Waals surface area contributed by atoms with E-state index in [2.05, 4.69) is 10.7 Å². The van der Waals surface area contributed by atoms with Gasteiger partial charge >= 0.3 is 11.9 Å². The van der Waals surface area contributed by atoms with Gasteiger partial charge in [0.1, 0.15) is 17.1 Å². The Balaban J connectivity index is 2.10. The number of methoxy groups -OCH3 is 2. The number of hydrogen-bond donors (Lipinski definition) is 2. The van der Waals surface area contributed by atoms with E-state index in [0.717, 1.165) is 0 Å². The highest BCUT2D eigenvalue weighted by Crippen LogP contribution is 2.47. The first-order valence-corrected chi connectivity index (χ1v) is 17.3. The van der Waals surface area contributed by atoms with E-state index in [1.54, 1.807) is 38.5 Å². The van der Waals surface area contributed by atoms with Crippen LogP contribution in [0.25, 0.3) is 0 Å². The molecule has 0 fully saturated rings. The maximum absolute atomic E-state index is 12.6. The largest absolute Gasteiger partial charge is 0.497 e. The summed E-state index contributed by atoms with van der Waals surface area (Å²) < 4.78 is 32.1. The molecule has 0 aliphatic rings. The van der Waals surface area contributed by atoms with Crippen LogP contribution in [-0.4, -0.2) is 72.4 Å². The number of rotatable bonds is 21. The number of nitrogens with zero attached hydrogens (tertiary/aromatic N) is 2. The lowest BCUT2D eigenvalue weighted by molar-refractivity contribution is -0.168. The summed E-state index contributed by atoms with van der Waals surface area (Å²) in [7, 11) is 1.57. The first-order valence-electron chi connectivity index (χ1n) is 16.2. The Morgan fingerprint density at radius 1 is 0.776 bits per heavy atom. The quantitative estimate of drug-likeness (QED) is 0.0503. The van der Waals surface area contributed by atoms with Gasteiger partial charge in [-0.3, -0.25) is 9.59 Å². The van der Waals surface area contributed by atoms with E-state index in [9.17, 15) is 19.8 Å². The van der Waals surface area contributed by atoms with Gasteiger partial charge in [-0.25, -0.2) is 4.67 Å². The predicted octanol–water partition coefficient (Wildman–Crippen LogP) is 7.24. The van der Waals surface area contributed by atoms with Gasteiger partial charge in [0.15, 0.2) is 5.92 Å². The first-order chi connectivity index (χ1) is 23.5. The lowest BCUT2D eigenvalue weighted by Gasteiger charge is -2.40. The number of carboxylic acid groups (broad SMARTS) is 2. The van der Waals surface area contributed by atoms with Crippen molar-refractivity contribution in [3.05, 3.63) is 95.6 Å². The molecule has 0 saturated carbocycles. The number of hydrogen-bond acceptors (Lipinski definition) is 9. The molecule has 2 atom stereocenters. The van der Waals surface area contributed by atoms with Gasteiger partial charge in [-0.15, -0.1) is 0 Å². The SMILES string of the molecule is COc1ccc(C(OC(CCCOP(OCCC#N)N(C(C)C)C(C)C)C(C(=O)O)C(=O)O)(c2ccccc2)c2ccc(OC)cc2)cc1. The fourth-order valence-electron chi connectivity index (χ4n) is 5.71. The van der Waals surface area contributed by atoms with Crippen molar-refractivity contribution in [3.8, 4) is 17.6 Å². The molecule has 49 heavy (non-hydrogen) atoms. The van der Waals surface area contributed by atoms with Crippen LogP contribution in [0, 0.1) is 17.2 Å². The first kappa shape index (κ1) is 39.4. The van der Waals surface area contributed by atoms with Crippen molar-refractivity contribution in [2.24, 2.45) is 5.92 Å². The average Bonchev–Trinajstić information content (AvgIpc) is 3.08. The number of carbonyl (C=O) groups is 2. The fourth-order valence-corrected chi connectivity index (χ4v) is 7.34. The number of ether oxygens (including phenoxy) is 3. The molecule has 3 aromatic rings. The number of benzene rings is 3. The Hall–Kier alpha value is -4.04. The van der Waals surface area contributed by atoms with E-state index in [1.165, 1.54) is 0 Å². The summed E-state index contributed by atoms with van der Waals surface area (Å²) in [5.41, 5.74) is 0.506. The summed E-state index contributed by atoms with van der Waals surface area (Å²) in [5.74, 6) is -3.71. The van der Waals surface area contributed by atoms with Crippen LogP contribution in [0.3, 0.4) is 0 Å². The van der Waals surface area contributed by atoms with Crippen LogP contribution < -0.4 is 9.47 Å². The highest BCUT2D eigenvalue weighted by atomic mass is 31.2. The van der Waals surface area contributed by atoms with Crippen LogP contribution in [0.15, 0.2) is 78.9 Å². The molecule has 12 heteroatoms. The summed E-state index contributed by atoms with van der Waals surface area (Å²) in [6.45, 7) is 8.46. The van der Waals surface area contributed by atoms with E-state index >= 15 is 0 Å². The second kappa shape index (κ2) is 19.2. The van der Waals surface area contributed by atoms with E-state index in [1.807, 2.05) is 82.3 Å². The maximum Gasteiger partial charge on any atom is 0.320 e. The van der Waals surface area contributed by atoms with Crippen LogP contribution in [0.5, 0.6) is 11.5 Å². The van der Waals surface area contributed by atoms with Gasteiger partial charge in [0.2, 0.25) is 0 Å². The fraction of sp³-hybridized carbons (Fsp3) is 0.432. The topological polar surface area (TPSA) is 148 Å².